The van der Waals surface area contributed by atoms with Gasteiger partial charge in [-0.1, -0.05) is 34.6 Å². The Balaban J connectivity index is 2.05. The highest BCUT2D eigenvalue weighted by Crippen LogP contribution is 2.28. The van der Waals surface area contributed by atoms with Crippen molar-refractivity contribution in [2.45, 2.75) is 72.4 Å². The van der Waals surface area contributed by atoms with Gasteiger partial charge in [-0.25, -0.2) is 9.48 Å². The summed E-state index contributed by atoms with van der Waals surface area (Å²) >= 11 is 0. The van der Waals surface area contributed by atoms with E-state index in [0.29, 0.717) is 18.5 Å². The van der Waals surface area contributed by atoms with Gasteiger partial charge in [-0.05, 0) is 33.7 Å². The lowest BCUT2D eigenvalue weighted by Crippen LogP contribution is -2.54. The second kappa shape index (κ2) is 9.04. The van der Waals surface area contributed by atoms with Gasteiger partial charge >= 0.3 is 6.03 Å². The quantitative estimate of drug-likeness (QED) is 0.787. The predicted octanol–water partition coefficient (Wildman–Crippen LogP) is 3.33. The Kier molecular flexibility index (Phi) is 7.38. The molecule has 2 rings (SSSR count). The summed E-state index contributed by atoms with van der Waals surface area (Å²) in [5.41, 5.74) is 0.681. The number of urea groups is 1. The van der Waals surface area contributed by atoms with Gasteiger partial charge in [-0.2, -0.15) is 5.10 Å². The average molecular weight is 407 g/mol. The van der Waals surface area contributed by atoms with Crippen molar-refractivity contribution in [3.05, 3.63) is 11.8 Å². The van der Waals surface area contributed by atoms with E-state index in [1.54, 1.807) is 0 Å². The Morgan fingerprint density at radius 2 is 1.69 bits per heavy atom. The molecule has 166 valence electrons. The number of carbonyl (C=O) groups excluding carboxylic acids is 1. The minimum atomic E-state index is -0.216. The fraction of sp³-hybridized carbons (Fsp3) is 0.818. The van der Waals surface area contributed by atoms with Crippen LogP contribution in [0.15, 0.2) is 6.07 Å². The molecule has 0 aliphatic carbocycles. The van der Waals surface area contributed by atoms with Crippen LogP contribution in [0.4, 0.5) is 10.6 Å². The third kappa shape index (κ3) is 6.44. The van der Waals surface area contributed by atoms with Crippen LogP contribution in [0.25, 0.3) is 0 Å². The fourth-order valence-electron chi connectivity index (χ4n) is 3.65. The van der Waals surface area contributed by atoms with Crippen molar-refractivity contribution >= 4 is 11.8 Å². The summed E-state index contributed by atoms with van der Waals surface area (Å²) in [5, 5.41) is 10.9. The molecule has 0 radical (unpaired) electrons. The highest BCUT2D eigenvalue weighted by Gasteiger charge is 2.27. The van der Waals surface area contributed by atoms with Gasteiger partial charge < -0.3 is 10.2 Å². The summed E-state index contributed by atoms with van der Waals surface area (Å²) in [4.78, 5) is 17.6. The maximum Gasteiger partial charge on any atom is 0.320 e. The second-order valence-corrected chi connectivity index (χ2v) is 10.7. The maximum absolute atomic E-state index is 12.7. The molecule has 1 aliphatic heterocycles. The first-order chi connectivity index (χ1) is 13.3. The van der Waals surface area contributed by atoms with Crippen LogP contribution in [0.1, 0.15) is 61.1 Å². The molecule has 1 unspecified atom stereocenters. The summed E-state index contributed by atoms with van der Waals surface area (Å²) in [6.45, 7) is 22.0. The number of piperazine rings is 1. The number of anilines is 1. The topological polar surface area (TPSA) is 65.4 Å². The summed E-state index contributed by atoms with van der Waals surface area (Å²) in [6.07, 6.45) is 0. The largest absolute Gasteiger partial charge is 0.336 e. The van der Waals surface area contributed by atoms with E-state index in [2.05, 4.69) is 82.9 Å². The van der Waals surface area contributed by atoms with E-state index in [1.165, 1.54) is 0 Å². The van der Waals surface area contributed by atoms with Crippen molar-refractivity contribution in [2.24, 2.45) is 5.92 Å². The molecular formula is C22H42N6O. The minimum Gasteiger partial charge on any atom is -0.336 e. The molecule has 0 spiro atoms. The van der Waals surface area contributed by atoms with Crippen molar-refractivity contribution in [3.8, 4) is 0 Å². The van der Waals surface area contributed by atoms with Gasteiger partial charge in [-0.3, -0.25) is 10.2 Å². The molecule has 1 atom stereocenters. The first-order valence-electron chi connectivity index (χ1n) is 10.9. The Morgan fingerprint density at radius 3 is 2.17 bits per heavy atom. The van der Waals surface area contributed by atoms with Gasteiger partial charge in [-0.15, -0.1) is 0 Å². The van der Waals surface area contributed by atoms with Gasteiger partial charge in [0.1, 0.15) is 5.82 Å². The van der Waals surface area contributed by atoms with E-state index in [1.807, 2.05) is 10.7 Å². The number of hydrogen-bond acceptors (Lipinski definition) is 4. The SMILES string of the molecule is CC(C)C(CNC(=O)Nc1cc(C(C)(C)C)nn1C(C)(C)C)N1CCN(C)CC1. The van der Waals surface area contributed by atoms with Crippen LogP contribution < -0.4 is 10.6 Å². The molecular weight excluding hydrogens is 364 g/mol. The Labute approximate surface area is 177 Å². The normalized spacial score (nSPS) is 18.1. The number of nitrogens with one attached hydrogen (secondary N) is 2. The van der Waals surface area contributed by atoms with E-state index < -0.39 is 0 Å². The summed E-state index contributed by atoms with van der Waals surface area (Å²) in [6, 6.07) is 2.16. The molecule has 0 bridgehead atoms. The van der Waals surface area contributed by atoms with E-state index in [-0.39, 0.29) is 17.0 Å². The number of carbonyl (C=O) groups is 1. The van der Waals surface area contributed by atoms with Gasteiger partial charge in [0.2, 0.25) is 0 Å². The molecule has 0 aromatic carbocycles. The van der Waals surface area contributed by atoms with Crippen LogP contribution in [-0.4, -0.2) is 71.4 Å². The van der Waals surface area contributed by atoms with E-state index in [9.17, 15) is 4.79 Å². The lowest BCUT2D eigenvalue weighted by molar-refractivity contribution is 0.0890. The molecule has 2 heterocycles. The van der Waals surface area contributed by atoms with Crippen LogP contribution in [0.5, 0.6) is 0 Å². The highest BCUT2D eigenvalue weighted by atomic mass is 16.2. The van der Waals surface area contributed by atoms with Crippen molar-refractivity contribution in [2.75, 3.05) is 45.1 Å². The van der Waals surface area contributed by atoms with E-state index in [4.69, 9.17) is 5.10 Å². The monoisotopic (exact) mass is 406 g/mol. The second-order valence-electron chi connectivity index (χ2n) is 10.7. The zero-order valence-electron chi connectivity index (χ0n) is 20.0. The van der Waals surface area contributed by atoms with Crippen LogP contribution in [0.3, 0.4) is 0 Å². The van der Waals surface area contributed by atoms with E-state index in [0.717, 1.165) is 37.7 Å². The zero-order chi connectivity index (χ0) is 22.0. The van der Waals surface area contributed by atoms with Gasteiger partial charge in [0.15, 0.2) is 0 Å². The first-order valence-corrected chi connectivity index (χ1v) is 10.9. The molecule has 1 aromatic rings. The lowest BCUT2D eigenvalue weighted by Gasteiger charge is -2.39. The number of nitrogens with zero attached hydrogens (tertiary/aromatic N) is 4. The lowest BCUT2D eigenvalue weighted by atomic mass is 9.92. The summed E-state index contributed by atoms with van der Waals surface area (Å²) in [7, 11) is 2.16. The Hall–Kier alpha value is -1.60. The molecule has 1 saturated heterocycles. The average Bonchev–Trinajstić information content (AvgIpc) is 3.00. The Morgan fingerprint density at radius 1 is 1.10 bits per heavy atom. The number of hydrogen-bond donors (Lipinski definition) is 2. The van der Waals surface area contributed by atoms with E-state index >= 15 is 0 Å². The van der Waals surface area contributed by atoms with Crippen molar-refractivity contribution < 1.29 is 4.79 Å². The maximum atomic E-state index is 12.7. The number of aromatic nitrogens is 2. The number of rotatable bonds is 5. The first kappa shape index (κ1) is 23.7. The standard InChI is InChI=1S/C22H42N6O/c1-16(2)17(27-12-10-26(9)11-13-27)15-23-20(29)24-19-14-18(21(3,4)5)25-28(19)22(6,7)8/h14,16-17H,10-13,15H2,1-9H3,(H2,23,24,29). The minimum absolute atomic E-state index is 0.0758. The highest BCUT2D eigenvalue weighted by molar-refractivity contribution is 5.88. The van der Waals surface area contributed by atoms with Crippen molar-refractivity contribution in [3.63, 3.8) is 0 Å². The van der Waals surface area contributed by atoms with Crippen LogP contribution in [0, 0.1) is 5.92 Å². The van der Waals surface area contributed by atoms with Gasteiger partial charge in [0, 0.05) is 50.2 Å². The summed E-state index contributed by atoms with van der Waals surface area (Å²) in [5.74, 6) is 1.21. The molecule has 1 aliphatic rings. The zero-order valence-corrected chi connectivity index (χ0v) is 20.0. The molecule has 1 aromatic heterocycles. The molecule has 1 fully saturated rings. The molecule has 2 amide bonds. The van der Waals surface area contributed by atoms with Crippen molar-refractivity contribution in [1.82, 2.24) is 24.9 Å². The third-order valence-corrected chi connectivity index (χ3v) is 5.60. The fourth-order valence-corrected chi connectivity index (χ4v) is 3.65. The third-order valence-electron chi connectivity index (χ3n) is 5.60. The number of amides is 2. The van der Waals surface area contributed by atoms with Gasteiger partial charge in [0.05, 0.1) is 11.2 Å². The van der Waals surface area contributed by atoms with Gasteiger partial charge in [0.25, 0.3) is 0 Å². The molecule has 7 nitrogen and oxygen atoms in total. The predicted molar refractivity (Wildman–Crippen MR) is 121 cm³/mol. The van der Waals surface area contributed by atoms with Crippen LogP contribution in [-0.2, 0) is 11.0 Å². The van der Waals surface area contributed by atoms with Crippen molar-refractivity contribution in [1.29, 1.82) is 0 Å². The van der Waals surface area contributed by atoms with Crippen LogP contribution >= 0.6 is 0 Å². The molecule has 2 N–H and O–H groups in total. The number of likely N-dealkylation sites (N-methyl/N-ethyl adjacent to an activating group) is 1. The van der Waals surface area contributed by atoms with Crippen LogP contribution in [0.2, 0.25) is 0 Å². The molecule has 0 saturated carbocycles. The Bertz CT molecular complexity index is 674. The summed E-state index contributed by atoms with van der Waals surface area (Å²) < 4.78 is 1.91. The molecule has 7 heteroatoms. The molecule has 29 heavy (non-hydrogen) atoms. The smallest absolute Gasteiger partial charge is 0.320 e.